The van der Waals surface area contributed by atoms with E-state index in [1.165, 1.54) is 23.5 Å². The first-order valence-corrected chi connectivity index (χ1v) is 10.5. The van der Waals surface area contributed by atoms with Crippen molar-refractivity contribution in [2.24, 2.45) is 0 Å². The zero-order valence-electron chi connectivity index (χ0n) is 14.4. The van der Waals surface area contributed by atoms with Gasteiger partial charge in [-0.3, -0.25) is 10.1 Å². The van der Waals surface area contributed by atoms with Gasteiger partial charge in [0.25, 0.3) is 5.69 Å². The number of nitro benzene ring substituents is 1. The third kappa shape index (κ3) is 3.40. The third-order valence-corrected chi connectivity index (χ3v) is 6.52. The lowest BCUT2D eigenvalue weighted by Gasteiger charge is -2.25. The average molecular weight is 391 g/mol. The minimum Gasteiger partial charge on any atom is -0.360 e. The summed E-state index contributed by atoms with van der Waals surface area (Å²) < 4.78 is 24.4. The van der Waals surface area contributed by atoms with Crippen LogP contribution >= 0.6 is 11.3 Å². The van der Waals surface area contributed by atoms with E-state index < -0.39 is 14.8 Å². The van der Waals surface area contributed by atoms with Crippen LogP contribution in [0.15, 0.2) is 47.4 Å². The van der Waals surface area contributed by atoms with E-state index in [0.717, 1.165) is 27.5 Å². The molecule has 0 spiro atoms. The number of anilines is 1. The number of fused-ring (bicyclic) bond motifs is 1. The summed E-state index contributed by atoms with van der Waals surface area (Å²) in [5.74, 6) is 0. The van der Waals surface area contributed by atoms with Crippen LogP contribution in [0, 0.1) is 10.1 Å². The van der Waals surface area contributed by atoms with Crippen molar-refractivity contribution in [3.05, 3.63) is 57.6 Å². The Morgan fingerprint density at radius 2 is 1.92 bits per heavy atom. The van der Waals surface area contributed by atoms with Crippen molar-refractivity contribution in [2.75, 3.05) is 18.2 Å². The van der Waals surface area contributed by atoms with Gasteiger partial charge in [0.05, 0.1) is 26.1 Å². The van der Waals surface area contributed by atoms with Crippen molar-refractivity contribution >= 4 is 42.8 Å². The van der Waals surface area contributed by atoms with Crippen molar-refractivity contribution in [2.45, 2.75) is 17.9 Å². The molecule has 0 radical (unpaired) electrons. The maximum atomic E-state index is 11.7. The Bertz CT molecular complexity index is 1060. The first-order valence-electron chi connectivity index (χ1n) is 7.75. The van der Waals surface area contributed by atoms with E-state index in [4.69, 9.17) is 0 Å². The van der Waals surface area contributed by atoms with Gasteiger partial charge >= 0.3 is 0 Å². The van der Waals surface area contributed by atoms with E-state index >= 15 is 0 Å². The van der Waals surface area contributed by atoms with Gasteiger partial charge in [-0.2, -0.15) is 0 Å². The summed E-state index contributed by atoms with van der Waals surface area (Å²) in [6.07, 6.45) is 1.03. The molecule has 0 saturated heterocycles. The molecular weight excluding hydrogens is 374 g/mol. The Balaban J connectivity index is 2.03. The minimum absolute atomic E-state index is 0.0750. The summed E-state index contributed by atoms with van der Waals surface area (Å²) in [5, 5.41) is 12.3. The monoisotopic (exact) mass is 391 g/mol. The molecule has 136 valence electrons. The lowest BCUT2D eigenvalue weighted by Crippen LogP contribution is -2.22. The maximum Gasteiger partial charge on any atom is 0.293 e. The first-order chi connectivity index (χ1) is 12.2. The summed E-state index contributed by atoms with van der Waals surface area (Å²) in [6.45, 7) is 1.91. The number of aromatic nitrogens is 1. The zero-order valence-corrected chi connectivity index (χ0v) is 16.0. The molecule has 0 saturated carbocycles. The number of nitro groups is 1. The molecule has 0 unspecified atom stereocenters. The summed E-state index contributed by atoms with van der Waals surface area (Å²) in [6, 6.07) is 11.5. The van der Waals surface area contributed by atoms with E-state index in [1.807, 2.05) is 31.2 Å². The molecule has 0 aliphatic rings. The van der Waals surface area contributed by atoms with Crippen LogP contribution in [0.2, 0.25) is 0 Å². The SMILES string of the molecule is C[C@@H](c1nc2ccccc2s1)N(C)c1ccc(S(C)(=O)=O)cc1[N+](=O)[O-]. The second-order valence-electron chi connectivity index (χ2n) is 5.99. The van der Waals surface area contributed by atoms with E-state index in [9.17, 15) is 18.5 Å². The summed E-state index contributed by atoms with van der Waals surface area (Å²) in [5.41, 5.74) is 0.979. The molecule has 1 aromatic heterocycles. The Hall–Kier alpha value is -2.52. The number of hydrogen-bond donors (Lipinski definition) is 0. The van der Waals surface area contributed by atoms with Gasteiger partial charge in [-0.15, -0.1) is 11.3 Å². The fourth-order valence-electron chi connectivity index (χ4n) is 2.62. The minimum atomic E-state index is -3.52. The molecule has 7 nitrogen and oxygen atoms in total. The molecule has 2 aromatic carbocycles. The lowest BCUT2D eigenvalue weighted by atomic mass is 10.2. The van der Waals surface area contributed by atoms with Crippen LogP contribution in [0.5, 0.6) is 0 Å². The molecular formula is C17H17N3O4S2. The van der Waals surface area contributed by atoms with E-state index in [1.54, 1.807) is 11.9 Å². The van der Waals surface area contributed by atoms with Crippen molar-refractivity contribution in [1.29, 1.82) is 0 Å². The van der Waals surface area contributed by atoms with Crippen LogP contribution in [0.4, 0.5) is 11.4 Å². The number of nitrogens with zero attached hydrogens (tertiary/aromatic N) is 3. The highest BCUT2D eigenvalue weighted by Gasteiger charge is 2.25. The van der Waals surface area contributed by atoms with E-state index in [-0.39, 0.29) is 16.6 Å². The molecule has 0 amide bonds. The Morgan fingerprint density at radius 1 is 1.23 bits per heavy atom. The molecule has 1 heterocycles. The summed E-state index contributed by atoms with van der Waals surface area (Å²) >= 11 is 1.53. The standard InChI is InChI=1S/C17H17N3O4S2/c1-11(17-18-13-6-4-5-7-16(13)25-17)19(2)14-9-8-12(26(3,23)24)10-15(14)20(21)22/h4-11H,1-3H3/t11-/m0/s1. The Kier molecular flexibility index (Phi) is 4.68. The zero-order chi connectivity index (χ0) is 19.1. The predicted molar refractivity (Wildman–Crippen MR) is 103 cm³/mol. The largest absolute Gasteiger partial charge is 0.360 e. The van der Waals surface area contributed by atoms with Gasteiger partial charge in [-0.1, -0.05) is 12.1 Å². The molecule has 0 N–H and O–H groups in total. The number of benzene rings is 2. The van der Waals surface area contributed by atoms with Gasteiger partial charge < -0.3 is 4.90 Å². The van der Waals surface area contributed by atoms with Gasteiger partial charge in [-0.05, 0) is 31.2 Å². The highest BCUT2D eigenvalue weighted by Crippen LogP contribution is 2.36. The van der Waals surface area contributed by atoms with E-state index in [0.29, 0.717) is 5.69 Å². The van der Waals surface area contributed by atoms with Crippen molar-refractivity contribution in [3.63, 3.8) is 0 Å². The van der Waals surface area contributed by atoms with Crippen molar-refractivity contribution in [1.82, 2.24) is 4.98 Å². The molecule has 1 atom stereocenters. The van der Waals surface area contributed by atoms with Crippen LogP contribution < -0.4 is 4.90 Å². The average Bonchev–Trinajstić information content (AvgIpc) is 3.03. The van der Waals surface area contributed by atoms with Gasteiger partial charge in [-0.25, -0.2) is 13.4 Å². The van der Waals surface area contributed by atoms with Gasteiger partial charge in [0.1, 0.15) is 10.7 Å². The second kappa shape index (κ2) is 6.65. The Labute approximate surface area is 155 Å². The van der Waals surface area contributed by atoms with Crippen molar-refractivity contribution in [3.8, 4) is 0 Å². The molecule has 0 fully saturated rings. The Morgan fingerprint density at radius 3 is 2.54 bits per heavy atom. The molecule has 3 rings (SSSR count). The normalized spacial score (nSPS) is 12.9. The van der Waals surface area contributed by atoms with E-state index in [2.05, 4.69) is 4.98 Å². The molecule has 0 aliphatic carbocycles. The topological polar surface area (TPSA) is 93.4 Å². The van der Waals surface area contributed by atoms with Crippen LogP contribution in [0.25, 0.3) is 10.2 Å². The van der Waals surface area contributed by atoms with Gasteiger partial charge in [0.15, 0.2) is 9.84 Å². The van der Waals surface area contributed by atoms with Crippen LogP contribution in [0.3, 0.4) is 0 Å². The highest BCUT2D eigenvalue weighted by molar-refractivity contribution is 7.90. The number of hydrogen-bond acceptors (Lipinski definition) is 7. The first kappa shape index (κ1) is 18.3. The summed E-state index contributed by atoms with van der Waals surface area (Å²) in [7, 11) is -1.79. The quantitative estimate of drug-likeness (QED) is 0.485. The smallest absolute Gasteiger partial charge is 0.293 e. The third-order valence-electron chi connectivity index (χ3n) is 4.20. The highest BCUT2D eigenvalue weighted by atomic mass is 32.2. The molecule has 0 aliphatic heterocycles. The second-order valence-corrected chi connectivity index (χ2v) is 9.06. The van der Waals surface area contributed by atoms with Crippen molar-refractivity contribution < 1.29 is 13.3 Å². The number of para-hydroxylation sites is 1. The number of thiazole rings is 1. The van der Waals surface area contributed by atoms with Crippen LogP contribution in [-0.4, -0.2) is 31.6 Å². The summed E-state index contributed by atoms with van der Waals surface area (Å²) in [4.78, 5) is 17.2. The predicted octanol–water partition coefficient (Wildman–Crippen LogP) is 3.81. The van der Waals surface area contributed by atoms with Gasteiger partial charge in [0.2, 0.25) is 0 Å². The fourth-order valence-corrected chi connectivity index (χ4v) is 4.33. The maximum absolute atomic E-state index is 11.7. The molecule has 26 heavy (non-hydrogen) atoms. The molecule has 9 heteroatoms. The van der Waals surface area contributed by atoms with Crippen LogP contribution in [-0.2, 0) is 9.84 Å². The number of rotatable bonds is 5. The molecule has 0 bridgehead atoms. The van der Waals surface area contributed by atoms with Crippen LogP contribution in [0.1, 0.15) is 18.0 Å². The fraction of sp³-hybridized carbons (Fsp3) is 0.235. The molecule has 3 aromatic rings. The number of sulfone groups is 1. The van der Waals surface area contributed by atoms with Gasteiger partial charge in [0, 0.05) is 19.4 Å². The lowest BCUT2D eigenvalue weighted by molar-refractivity contribution is -0.384.